The Labute approximate surface area is 147 Å². The Hall–Kier alpha value is -3.62. The van der Waals surface area contributed by atoms with Gasteiger partial charge in [0.15, 0.2) is 5.69 Å². The van der Waals surface area contributed by atoms with Crippen molar-refractivity contribution in [3.05, 3.63) is 52.1 Å². The van der Waals surface area contributed by atoms with Gasteiger partial charge < -0.3 is 20.2 Å². The molecule has 0 saturated heterocycles. The molecule has 0 aliphatic rings. The molecular weight excluding hydrogens is 340 g/mol. The average Bonchev–Trinajstić information content (AvgIpc) is 3.03. The Kier molecular flexibility index (Phi) is 4.44. The quantitative estimate of drug-likeness (QED) is 0.664. The van der Waals surface area contributed by atoms with Crippen LogP contribution in [0.25, 0.3) is 11.0 Å². The highest BCUT2D eigenvalue weighted by Crippen LogP contribution is 2.23. The van der Waals surface area contributed by atoms with Crippen LogP contribution in [0.2, 0.25) is 0 Å². The second-order valence-corrected chi connectivity index (χ2v) is 5.41. The Morgan fingerprint density at radius 2 is 2.12 bits per heavy atom. The van der Waals surface area contributed by atoms with Gasteiger partial charge in [-0.1, -0.05) is 0 Å². The smallest absolute Gasteiger partial charge is 0.337 e. The van der Waals surface area contributed by atoms with E-state index in [-0.39, 0.29) is 22.5 Å². The molecule has 3 rings (SSSR count). The largest absolute Gasteiger partial charge is 0.497 e. The predicted octanol–water partition coefficient (Wildman–Crippen LogP) is 1.37. The highest BCUT2D eigenvalue weighted by atomic mass is 16.5. The maximum absolute atomic E-state index is 12.7. The predicted molar refractivity (Wildman–Crippen MR) is 93.4 cm³/mol. The second-order valence-electron chi connectivity index (χ2n) is 5.41. The number of aryl methyl sites for hydroxylation is 1. The Balaban J connectivity index is 2.05. The van der Waals surface area contributed by atoms with Crippen molar-refractivity contribution in [1.82, 2.24) is 9.78 Å². The van der Waals surface area contributed by atoms with Crippen molar-refractivity contribution < 1.29 is 18.7 Å². The first kappa shape index (κ1) is 17.2. The number of rotatable bonds is 5. The summed E-state index contributed by atoms with van der Waals surface area (Å²) in [7, 11) is 1.48. The number of nitrogens with one attached hydrogen (secondary N) is 1. The summed E-state index contributed by atoms with van der Waals surface area (Å²) < 4.78 is 11.7. The van der Waals surface area contributed by atoms with E-state index in [1.54, 1.807) is 12.1 Å². The molecule has 0 radical (unpaired) electrons. The van der Waals surface area contributed by atoms with Crippen molar-refractivity contribution >= 4 is 28.5 Å². The van der Waals surface area contributed by atoms with E-state index in [0.29, 0.717) is 17.7 Å². The molecule has 0 bridgehead atoms. The number of hydrogen-bond acceptors (Lipinski definition) is 6. The van der Waals surface area contributed by atoms with Gasteiger partial charge in [0.05, 0.1) is 18.4 Å². The molecule has 2 amide bonds. The highest BCUT2D eigenvalue weighted by molar-refractivity contribution is 6.13. The van der Waals surface area contributed by atoms with Crippen LogP contribution < -0.4 is 21.4 Å². The molecule has 0 fully saturated rings. The van der Waals surface area contributed by atoms with Crippen LogP contribution >= 0.6 is 0 Å². The molecule has 9 nitrogen and oxygen atoms in total. The molecule has 9 heteroatoms. The molecule has 2 heterocycles. The number of carbonyl (C=O) groups excluding carboxylic acids is 2. The van der Waals surface area contributed by atoms with Gasteiger partial charge in [-0.05, 0) is 19.1 Å². The molecule has 1 aromatic carbocycles. The number of carbonyl (C=O) groups is 2. The van der Waals surface area contributed by atoms with E-state index in [2.05, 4.69) is 10.4 Å². The number of hydrogen-bond donors (Lipinski definition) is 2. The summed E-state index contributed by atoms with van der Waals surface area (Å²) in [6.45, 7) is 2.32. The van der Waals surface area contributed by atoms with Crippen molar-refractivity contribution in [1.29, 1.82) is 0 Å². The normalized spacial score (nSPS) is 10.7. The van der Waals surface area contributed by atoms with Gasteiger partial charge in [-0.25, -0.2) is 4.79 Å². The van der Waals surface area contributed by atoms with Crippen LogP contribution in [-0.4, -0.2) is 28.7 Å². The lowest BCUT2D eigenvalue weighted by molar-refractivity contribution is 0.0995. The summed E-state index contributed by atoms with van der Waals surface area (Å²) in [5.41, 5.74) is 5.02. The van der Waals surface area contributed by atoms with Crippen molar-refractivity contribution in [2.75, 3.05) is 12.4 Å². The summed E-state index contributed by atoms with van der Waals surface area (Å²) in [5, 5.41) is 7.01. The molecular formula is C17H16N4O5. The minimum absolute atomic E-state index is 0.0610. The van der Waals surface area contributed by atoms with Crippen LogP contribution in [-0.2, 0) is 6.54 Å². The van der Waals surface area contributed by atoms with E-state index < -0.39 is 17.4 Å². The van der Waals surface area contributed by atoms with Crippen molar-refractivity contribution in [2.45, 2.75) is 13.5 Å². The first-order chi connectivity index (χ1) is 12.4. The van der Waals surface area contributed by atoms with E-state index in [1.807, 2.05) is 6.92 Å². The van der Waals surface area contributed by atoms with Crippen molar-refractivity contribution in [2.24, 2.45) is 5.73 Å². The van der Waals surface area contributed by atoms with Gasteiger partial charge in [-0.15, -0.1) is 0 Å². The van der Waals surface area contributed by atoms with E-state index in [9.17, 15) is 14.4 Å². The van der Waals surface area contributed by atoms with E-state index in [1.165, 1.54) is 24.1 Å². The molecule has 134 valence electrons. The second kappa shape index (κ2) is 6.71. The van der Waals surface area contributed by atoms with Gasteiger partial charge in [-0.3, -0.25) is 14.3 Å². The summed E-state index contributed by atoms with van der Waals surface area (Å²) in [6, 6.07) is 5.84. The number of fused-ring (bicyclic) bond motifs is 1. The van der Waals surface area contributed by atoms with Gasteiger partial charge in [0.1, 0.15) is 11.3 Å². The fraction of sp³-hybridized carbons (Fsp3) is 0.176. The molecule has 0 aliphatic heterocycles. The maximum Gasteiger partial charge on any atom is 0.337 e. The first-order valence-corrected chi connectivity index (χ1v) is 7.73. The van der Waals surface area contributed by atoms with Crippen LogP contribution in [0.1, 0.15) is 27.8 Å². The van der Waals surface area contributed by atoms with Gasteiger partial charge in [-0.2, -0.15) is 5.10 Å². The fourth-order valence-electron chi connectivity index (χ4n) is 2.50. The molecule has 0 spiro atoms. The number of nitrogens with two attached hydrogens (primary N) is 1. The van der Waals surface area contributed by atoms with Crippen LogP contribution in [0, 0.1) is 0 Å². The lowest BCUT2D eigenvalue weighted by Gasteiger charge is -2.07. The Morgan fingerprint density at radius 3 is 2.77 bits per heavy atom. The third kappa shape index (κ3) is 3.14. The van der Waals surface area contributed by atoms with E-state index in [4.69, 9.17) is 14.9 Å². The zero-order valence-corrected chi connectivity index (χ0v) is 14.1. The van der Waals surface area contributed by atoms with Gasteiger partial charge in [0, 0.05) is 30.3 Å². The average molecular weight is 356 g/mol. The van der Waals surface area contributed by atoms with E-state index >= 15 is 0 Å². The molecule has 3 N–H and O–H groups in total. The zero-order valence-electron chi connectivity index (χ0n) is 14.1. The molecule has 0 atom stereocenters. The molecule has 26 heavy (non-hydrogen) atoms. The van der Waals surface area contributed by atoms with Crippen LogP contribution in [0.15, 0.2) is 39.7 Å². The van der Waals surface area contributed by atoms with E-state index in [0.717, 1.165) is 6.07 Å². The highest BCUT2D eigenvalue weighted by Gasteiger charge is 2.19. The number of ether oxygens (including phenoxy) is 1. The molecule has 2 aromatic heterocycles. The number of aromatic nitrogens is 2. The lowest BCUT2D eigenvalue weighted by atomic mass is 10.1. The number of primary amides is 1. The number of methoxy groups -OCH3 is 1. The SMILES string of the molecule is CCn1cc(NC(=O)c2cc(=O)oc3cc(OC)ccc23)c(C(N)=O)n1. The lowest BCUT2D eigenvalue weighted by Crippen LogP contribution is -2.19. The monoisotopic (exact) mass is 356 g/mol. The summed E-state index contributed by atoms with van der Waals surface area (Å²) in [4.78, 5) is 36.0. The Morgan fingerprint density at radius 1 is 1.35 bits per heavy atom. The number of anilines is 1. The first-order valence-electron chi connectivity index (χ1n) is 7.73. The Bertz CT molecular complexity index is 1070. The minimum atomic E-state index is -0.769. The standard InChI is InChI=1S/C17H16N4O5/c1-3-21-8-12(15(20-21)16(18)23)19-17(24)11-7-14(22)26-13-6-9(25-2)4-5-10(11)13/h4-8H,3H2,1-2H3,(H2,18,23)(H,19,24). The van der Waals surface area contributed by atoms with Crippen molar-refractivity contribution in [3.63, 3.8) is 0 Å². The molecule has 3 aromatic rings. The zero-order chi connectivity index (χ0) is 18.8. The minimum Gasteiger partial charge on any atom is -0.497 e. The molecule has 0 saturated carbocycles. The summed E-state index contributed by atoms with van der Waals surface area (Å²) >= 11 is 0. The summed E-state index contributed by atoms with van der Waals surface area (Å²) in [6.07, 6.45) is 1.49. The number of nitrogens with zero attached hydrogens (tertiary/aromatic N) is 2. The third-order valence-corrected chi connectivity index (χ3v) is 3.76. The molecule has 0 unspecified atom stereocenters. The molecule has 0 aliphatic carbocycles. The van der Waals surface area contributed by atoms with Gasteiger partial charge in [0.25, 0.3) is 11.8 Å². The fourth-order valence-corrected chi connectivity index (χ4v) is 2.50. The number of benzene rings is 1. The van der Waals surface area contributed by atoms with Crippen LogP contribution in [0.3, 0.4) is 0 Å². The van der Waals surface area contributed by atoms with Crippen LogP contribution in [0.4, 0.5) is 5.69 Å². The number of amides is 2. The maximum atomic E-state index is 12.7. The van der Waals surface area contributed by atoms with Crippen LogP contribution in [0.5, 0.6) is 5.75 Å². The van der Waals surface area contributed by atoms with Gasteiger partial charge >= 0.3 is 5.63 Å². The third-order valence-electron chi connectivity index (χ3n) is 3.76. The van der Waals surface area contributed by atoms with Crippen molar-refractivity contribution in [3.8, 4) is 5.75 Å². The topological polar surface area (TPSA) is 129 Å². The summed E-state index contributed by atoms with van der Waals surface area (Å²) in [5.74, 6) is -0.876. The van der Waals surface area contributed by atoms with Gasteiger partial charge in [0.2, 0.25) is 0 Å².